The first kappa shape index (κ1) is 20.7. The fourth-order valence-electron chi connectivity index (χ4n) is 2.28. The predicted molar refractivity (Wildman–Crippen MR) is 111 cm³/mol. The standard InChI is InChI=1S/C18H19FN6O.HI/c1-20-18(23-12-13-6-2-3-7-14(13)19)22-11-9-16-24-17(26-25-16)15-8-4-5-10-21-15;/h2-8,10H,9,11-12H2,1H3,(H2,20,22,23);1H. The Balaban J connectivity index is 0.00000261. The lowest BCUT2D eigenvalue weighted by atomic mass is 10.2. The van der Waals surface area contributed by atoms with Crippen LogP contribution in [-0.4, -0.2) is 34.7 Å². The fourth-order valence-corrected chi connectivity index (χ4v) is 2.28. The number of halogens is 2. The topological polar surface area (TPSA) is 88.2 Å². The average Bonchev–Trinajstić information content (AvgIpc) is 3.15. The van der Waals surface area contributed by atoms with E-state index in [-0.39, 0.29) is 29.8 Å². The van der Waals surface area contributed by atoms with Gasteiger partial charge in [0.1, 0.15) is 11.5 Å². The van der Waals surface area contributed by atoms with Crippen LogP contribution in [0.2, 0.25) is 0 Å². The maximum atomic E-state index is 13.6. The Morgan fingerprint density at radius 2 is 1.96 bits per heavy atom. The Hall–Kier alpha value is -2.56. The number of pyridine rings is 1. The van der Waals surface area contributed by atoms with Crippen molar-refractivity contribution in [1.29, 1.82) is 0 Å². The number of aromatic nitrogens is 3. The first-order valence-electron chi connectivity index (χ1n) is 8.18. The van der Waals surface area contributed by atoms with Crippen LogP contribution in [0, 0.1) is 5.82 Å². The van der Waals surface area contributed by atoms with Crippen LogP contribution in [-0.2, 0) is 13.0 Å². The van der Waals surface area contributed by atoms with Crippen molar-refractivity contribution in [2.24, 2.45) is 4.99 Å². The minimum absolute atomic E-state index is 0. The van der Waals surface area contributed by atoms with Gasteiger partial charge in [0.05, 0.1) is 0 Å². The number of benzene rings is 1. The minimum Gasteiger partial charge on any atom is -0.356 e. The van der Waals surface area contributed by atoms with Crippen molar-refractivity contribution in [2.75, 3.05) is 13.6 Å². The zero-order chi connectivity index (χ0) is 18.2. The molecule has 9 heteroatoms. The van der Waals surface area contributed by atoms with Crippen LogP contribution in [0.3, 0.4) is 0 Å². The summed E-state index contributed by atoms with van der Waals surface area (Å²) in [5.74, 6) is 1.29. The summed E-state index contributed by atoms with van der Waals surface area (Å²) in [6.07, 6.45) is 2.22. The molecule has 142 valence electrons. The van der Waals surface area contributed by atoms with Crippen molar-refractivity contribution >= 4 is 29.9 Å². The van der Waals surface area contributed by atoms with Gasteiger partial charge >= 0.3 is 0 Å². The number of hydrogen-bond acceptors (Lipinski definition) is 5. The number of aliphatic imine (C=N–C) groups is 1. The highest BCUT2D eigenvalue weighted by Crippen LogP contribution is 2.13. The van der Waals surface area contributed by atoms with Crippen molar-refractivity contribution in [2.45, 2.75) is 13.0 Å². The molecule has 0 saturated heterocycles. The first-order chi connectivity index (χ1) is 12.8. The van der Waals surface area contributed by atoms with E-state index in [1.54, 1.807) is 31.4 Å². The van der Waals surface area contributed by atoms with Crippen molar-refractivity contribution in [1.82, 2.24) is 25.8 Å². The quantitative estimate of drug-likeness (QED) is 0.319. The van der Waals surface area contributed by atoms with Gasteiger partial charge in [0.25, 0.3) is 5.89 Å². The summed E-state index contributed by atoms with van der Waals surface area (Å²) in [5.41, 5.74) is 1.22. The van der Waals surface area contributed by atoms with Gasteiger partial charge in [0, 0.05) is 38.3 Å². The van der Waals surface area contributed by atoms with Crippen LogP contribution in [0.5, 0.6) is 0 Å². The summed E-state index contributed by atoms with van der Waals surface area (Å²) in [5, 5.41) is 10.1. The fraction of sp³-hybridized carbons (Fsp3) is 0.222. The number of nitrogens with one attached hydrogen (secondary N) is 2. The molecule has 0 unspecified atom stereocenters. The molecule has 0 fully saturated rings. The number of rotatable bonds is 6. The lowest BCUT2D eigenvalue weighted by Gasteiger charge is -2.11. The van der Waals surface area contributed by atoms with Crippen molar-refractivity contribution in [3.63, 3.8) is 0 Å². The van der Waals surface area contributed by atoms with Gasteiger partial charge in [0.15, 0.2) is 11.8 Å². The van der Waals surface area contributed by atoms with E-state index in [2.05, 4.69) is 30.8 Å². The van der Waals surface area contributed by atoms with Gasteiger partial charge < -0.3 is 15.2 Å². The second kappa shape index (κ2) is 10.6. The van der Waals surface area contributed by atoms with Crippen molar-refractivity contribution < 1.29 is 8.91 Å². The van der Waals surface area contributed by atoms with Crippen LogP contribution in [0.15, 0.2) is 58.2 Å². The average molecular weight is 482 g/mol. The lowest BCUT2D eigenvalue weighted by Crippen LogP contribution is -2.38. The highest BCUT2D eigenvalue weighted by molar-refractivity contribution is 14.0. The normalized spacial score (nSPS) is 11.0. The van der Waals surface area contributed by atoms with E-state index in [1.807, 2.05) is 18.2 Å². The Labute approximate surface area is 173 Å². The van der Waals surface area contributed by atoms with Gasteiger partial charge in [0.2, 0.25) is 0 Å². The zero-order valence-electron chi connectivity index (χ0n) is 14.7. The molecule has 2 N–H and O–H groups in total. The Bertz CT molecular complexity index is 871. The monoisotopic (exact) mass is 482 g/mol. The third-order valence-corrected chi connectivity index (χ3v) is 3.62. The molecule has 7 nitrogen and oxygen atoms in total. The number of guanidine groups is 1. The molecule has 2 aromatic heterocycles. The van der Waals surface area contributed by atoms with Crippen LogP contribution in [0.4, 0.5) is 4.39 Å². The van der Waals surface area contributed by atoms with E-state index in [9.17, 15) is 4.39 Å². The highest BCUT2D eigenvalue weighted by Gasteiger charge is 2.09. The second-order valence-electron chi connectivity index (χ2n) is 5.42. The molecular formula is C18H20FIN6O. The summed E-state index contributed by atoms with van der Waals surface area (Å²) in [7, 11) is 1.66. The molecule has 0 aliphatic carbocycles. The van der Waals surface area contributed by atoms with E-state index in [1.165, 1.54) is 6.07 Å². The maximum Gasteiger partial charge on any atom is 0.276 e. The number of hydrogen-bond donors (Lipinski definition) is 2. The molecule has 0 radical (unpaired) electrons. The van der Waals surface area contributed by atoms with Gasteiger partial charge in [-0.05, 0) is 18.2 Å². The molecule has 3 aromatic rings. The molecule has 0 saturated carbocycles. The van der Waals surface area contributed by atoms with E-state index in [0.29, 0.717) is 48.4 Å². The minimum atomic E-state index is -0.246. The van der Waals surface area contributed by atoms with Crippen LogP contribution in [0.25, 0.3) is 11.6 Å². The molecule has 27 heavy (non-hydrogen) atoms. The molecule has 0 aliphatic rings. The lowest BCUT2D eigenvalue weighted by molar-refractivity contribution is 0.421. The summed E-state index contributed by atoms with van der Waals surface area (Å²) in [6, 6.07) is 12.1. The van der Waals surface area contributed by atoms with Gasteiger partial charge in [-0.2, -0.15) is 4.98 Å². The number of nitrogens with zero attached hydrogens (tertiary/aromatic N) is 4. The molecule has 0 spiro atoms. The summed E-state index contributed by atoms with van der Waals surface area (Å²) < 4.78 is 18.8. The SMILES string of the molecule is CN=C(NCCc1noc(-c2ccccn2)n1)NCc1ccccc1F.I. The third kappa shape index (κ3) is 5.98. The highest BCUT2D eigenvalue weighted by atomic mass is 127. The summed E-state index contributed by atoms with van der Waals surface area (Å²) in [6.45, 7) is 0.899. The largest absolute Gasteiger partial charge is 0.356 e. The molecule has 3 rings (SSSR count). The molecule has 0 bridgehead atoms. The maximum absolute atomic E-state index is 13.6. The van der Waals surface area contributed by atoms with Gasteiger partial charge in [-0.3, -0.25) is 9.98 Å². The molecular weight excluding hydrogens is 462 g/mol. The van der Waals surface area contributed by atoms with E-state index in [4.69, 9.17) is 4.52 Å². The van der Waals surface area contributed by atoms with E-state index in [0.717, 1.165) is 0 Å². The van der Waals surface area contributed by atoms with Gasteiger partial charge in [-0.1, -0.05) is 29.4 Å². The van der Waals surface area contributed by atoms with Crippen LogP contribution in [0.1, 0.15) is 11.4 Å². The van der Waals surface area contributed by atoms with Crippen molar-refractivity contribution in [3.8, 4) is 11.6 Å². The zero-order valence-corrected chi connectivity index (χ0v) is 17.1. The second-order valence-corrected chi connectivity index (χ2v) is 5.42. The molecule has 0 aliphatic heterocycles. The van der Waals surface area contributed by atoms with Crippen LogP contribution < -0.4 is 10.6 Å². The van der Waals surface area contributed by atoms with Crippen molar-refractivity contribution in [3.05, 3.63) is 65.9 Å². The molecule has 0 atom stereocenters. The summed E-state index contributed by atoms with van der Waals surface area (Å²) in [4.78, 5) is 12.6. The Morgan fingerprint density at radius 1 is 1.15 bits per heavy atom. The molecule has 0 amide bonds. The Kier molecular flexibility index (Phi) is 8.11. The van der Waals surface area contributed by atoms with E-state index >= 15 is 0 Å². The van der Waals surface area contributed by atoms with E-state index < -0.39 is 0 Å². The first-order valence-corrected chi connectivity index (χ1v) is 8.18. The molecule has 1 aromatic carbocycles. The third-order valence-electron chi connectivity index (χ3n) is 3.62. The summed E-state index contributed by atoms with van der Waals surface area (Å²) >= 11 is 0. The smallest absolute Gasteiger partial charge is 0.276 e. The van der Waals surface area contributed by atoms with Gasteiger partial charge in [-0.25, -0.2) is 4.39 Å². The van der Waals surface area contributed by atoms with Gasteiger partial charge in [-0.15, -0.1) is 24.0 Å². The predicted octanol–water partition coefficient (Wildman–Crippen LogP) is 2.80. The molecule has 2 heterocycles. The Morgan fingerprint density at radius 3 is 2.70 bits per heavy atom. The van der Waals surface area contributed by atoms with Crippen LogP contribution >= 0.6 is 24.0 Å².